The Morgan fingerprint density at radius 3 is 2.82 bits per heavy atom. The van der Waals surface area contributed by atoms with Gasteiger partial charge in [-0.1, -0.05) is 0 Å². The quantitative estimate of drug-likeness (QED) is 0.781. The molecule has 17 heavy (non-hydrogen) atoms. The van der Waals surface area contributed by atoms with Crippen molar-refractivity contribution in [3.63, 3.8) is 0 Å². The summed E-state index contributed by atoms with van der Waals surface area (Å²) in [6, 6.07) is 0.423. The molecule has 0 aromatic rings. The highest BCUT2D eigenvalue weighted by atomic mass is 16.2. The molecule has 0 bridgehead atoms. The molecule has 2 aliphatic heterocycles. The standard InChI is InChI=1S/C13H25N3O/c1-3-16(12-5-4-7-14-9-12)13(17)11-6-8-15(2)10-11/h11-12,14H,3-10H2,1-2H3. The molecular formula is C13H25N3O. The number of nitrogens with zero attached hydrogens (tertiary/aromatic N) is 2. The number of hydrogen-bond acceptors (Lipinski definition) is 3. The van der Waals surface area contributed by atoms with Gasteiger partial charge in [-0.3, -0.25) is 4.79 Å². The lowest BCUT2D eigenvalue weighted by Crippen LogP contribution is -2.50. The summed E-state index contributed by atoms with van der Waals surface area (Å²) in [5, 5.41) is 3.40. The molecule has 2 aliphatic rings. The Morgan fingerprint density at radius 2 is 2.29 bits per heavy atom. The first-order valence-electron chi connectivity index (χ1n) is 6.92. The highest BCUT2D eigenvalue weighted by molar-refractivity contribution is 5.79. The Hall–Kier alpha value is -0.610. The van der Waals surface area contributed by atoms with E-state index in [1.54, 1.807) is 0 Å². The van der Waals surface area contributed by atoms with Crippen molar-refractivity contribution in [1.82, 2.24) is 15.1 Å². The Kier molecular flexibility index (Phi) is 4.40. The van der Waals surface area contributed by atoms with E-state index in [-0.39, 0.29) is 5.92 Å². The molecule has 1 amide bonds. The maximum atomic E-state index is 12.5. The lowest BCUT2D eigenvalue weighted by Gasteiger charge is -2.35. The Balaban J connectivity index is 1.94. The third-order valence-corrected chi connectivity index (χ3v) is 4.08. The van der Waals surface area contributed by atoms with Gasteiger partial charge in [-0.05, 0) is 46.3 Å². The Bertz CT molecular complexity index is 263. The molecule has 2 unspecified atom stereocenters. The second kappa shape index (κ2) is 5.83. The van der Waals surface area contributed by atoms with E-state index in [2.05, 4.69) is 29.1 Å². The van der Waals surface area contributed by atoms with Crippen LogP contribution in [0.25, 0.3) is 0 Å². The van der Waals surface area contributed by atoms with Crippen LogP contribution in [-0.2, 0) is 4.79 Å². The predicted octanol–water partition coefficient (Wildman–Crippen LogP) is 0.539. The second-order valence-corrected chi connectivity index (χ2v) is 5.37. The van der Waals surface area contributed by atoms with Crippen LogP contribution in [0.4, 0.5) is 0 Å². The summed E-state index contributed by atoms with van der Waals surface area (Å²) < 4.78 is 0. The van der Waals surface area contributed by atoms with Crippen molar-refractivity contribution >= 4 is 5.91 Å². The smallest absolute Gasteiger partial charge is 0.227 e. The van der Waals surface area contributed by atoms with Crippen molar-refractivity contribution < 1.29 is 4.79 Å². The molecule has 4 nitrogen and oxygen atoms in total. The number of piperidine rings is 1. The van der Waals surface area contributed by atoms with Gasteiger partial charge in [-0.25, -0.2) is 0 Å². The van der Waals surface area contributed by atoms with E-state index < -0.39 is 0 Å². The maximum Gasteiger partial charge on any atom is 0.227 e. The van der Waals surface area contributed by atoms with Gasteiger partial charge < -0.3 is 15.1 Å². The lowest BCUT2D eigenvalue weighted by atomic mass is 10.0. The third-order valence-electron chi connectivity index (χ3n) is 4.08. The van der Waals surface area contributed by atoms with Crippen molar-refractivity contribution in [2.24, 2.45) is 5.92 Å². The zero-order chi connectivity index (χ0) is 12.3. The molecule has 2 saturated heterocycles. The van der Waals surface area contributed by atoms with Crippen molar-refractivity contribution in [1.29, 1.82) is 0 Å². The van der Waals surface area contributed by atoms with Crippen molar-refractivity contribution in [2.75, 3.05) is 39.8 Å². The van der Waals surface area contributed by atoms with Crippen LogP contribution in [0.5, 0.6) is 0 Å². The third kappa shape index (κ3) is 2.99. The summed E-state index contributed by atoms with van der Waals surface area (Å²) >= 11 is 0. The fraction of sp³-hybridized carbons (Fsp3) is 0.923. The Morgan fingerprint density at radius 1 is 1.47 bits per heavy atom. The minimum Gasteiger partial charge on any atom is -0.338 e. The second-order valence-electron chi connectivity index (χ2n) is 5.37. The van der Waals surface area contributed by atoms with Crippen LogP contribution in [0, 0.1) is 5.92 Å². The van der Waals surface area contributed by atoms with Crippen molar-refractivity contribution in [2.45, 2.75) is 32.2 Å². The Labute approximate surface area is 104 Å². The molecule has 0 aromatic carbocycles. The van der Waals surface area contributed by atoms with Gasteiger partial charge in [0.1, 0.15) is 0 Å². The van der Waals surface area contributed by atoms with Gasteiger partial charge >= 0.3 is 0 Å². The van der Waals surface area contributed by atoms with Crippen LogP contribution < -0.4 is 5.32 Å². The molecule has 0 aromatic heterocycles. The van der Waals surface area contributed by atoms with Crippen molar-refractivity contribution in [3.8, 4) is 0 Å². The SMILES string of the molecule is CCN(C(=O)C1CCN(C)C1)C1CCCNC1. The first-order valence-corrected chi connectivity index (χ1v) is 6.92. The highest BCUT2D eigenvalue weighted by Gasteiger charge is 2.32. The van der Waals surface area contributed by atoms with E-state index in [4.69, 9.17) is 0 Å². The number of carbonyl (C=O) groups is 1. The molecule has 0 spiro atoms. The van der Waals surface area contributed by atoms with Crippen LogP contribution in [0.15, 0.2) is 0 Å². The van der Waals surface area contributed by atoms with Crippen LogP contribution >= 0.6 is 0 Å². The molecule has 4 heteroatoms. The summed E-state index contributed by atoms with van der Waals surface area (Å²) in [6.45, 7) is 7.04. The molecule has 2 fully saturated rings. The molecule has 2 atom stereocenters. The summed E-state index contributed by atoms with van der Waals surface area (Å²) in [5.41, 5.74) is 0. The predicted molar refractivity (Wildman–Crippen MR) is 68.9 cm³/mol. The monoisotopic (exact) mass is 239 g/mol. The van der Waals surface area contributed by atoms with Gasteiger partial charge in [0.25, 0.3) is 0 Å². The van der Waals surface area contributed by atoms with Gasteiger partial charge in [0.15, 0.2) is 0 Å². The summed E-state index contributed by atoms with van der Waals surface area (Å²) in [4.78, 5) is 16.9. The molecule has 0 aliphatic carbocycles. The lowest BCUT2D eigenvalue weighted by molar-refractivity contribution is -0.137. The molecule has 2 heterocycles. The number of likely N-dealkylation sites (tertiary alicyclic amines) is 1. The van der Waals surface area contributed by atoms with E-state index >= 15 is 0 Å². The fourth-order valence-electron chi connectivity index (χ4n) is 3.06. The average Bonchev–Trinajstić information content (AvgIpc) is 2.78. The topological polar surface area (TPSA) is 35.6 Å². The van der Waals surface area contributed by atoms with E-state index in [1.165, 1.54) is 6.42 Å². The summed E-state index contributed by atoms with van der Waals surface area (Å²) in [5.74, 6) is 0.618. The number of carbonyl (C=O) groups excluding carboxylic acids is 1. The van der Waals surface area contributed by atoms with Gasteiger partial charge in [0.05, 0.1) is 5.92 Å². The normalized spacial score (nSPS) is 30.5. The van der Waals surface area contributed by atoms with E-state index in [0.717, 1.165) is 45.6 Å². The molecule has 2 rings (SSSR count). The largest absolute Gasteiger partial charge is 0.338 e. The van der Waals surface area contributed by atoms with Gasteiger partial charge in [-0.2, -0.15) is 0 Å². The minimum absolute atomic E-state index is 0.238. The number of rotatable bonds is 3. The number of nitrogens with one attached hydrogen (secondary N) is 1. The number of hydrogen-bond donors (Lipinski definition) is 1. The van der Waals surface area contributed by atoms with Gasteiger partial charge in [0, 0.05) is 25.7 Å². The highest BCUT2D eigenvalue weighted by Crippen LogP contribution is 2.20. The first-order chi connectivity index (χ1) is 8.22. The number of amides is 1. The molecule has 0 saturated carbocycles. The van der Waals surface area contributed by atoms with E-state index in [1.807, 2.05) is 0 Å². The molecule has 0 radical (unpaired) electrons. The van der Waals surface area contributed by atoms with E-state index in [0.29, 0.717) is 11.9 Å². The van der Waals surface area contributed by atoms with Crippen LogP contribution in [0.2, 0.25) is 0 Å². The molecule has 98 valence electrons. The zero-order valence-corrected chi connectivity index (χ0v) is 11.1. The minimum atomic E-state index is 0.238. The van der Waals surface area contributed by atoms with E-state index in [9.17, 15) is 4.79 Å². The van der Waals surface area contributed by atoms with Crippen LogP contribution in [0.1, 0.15) is 26.2 Å². The van der Waals surface area contributed by atoms with Gasteiger partial charge in [0.2, 0.25) is 5.91 Å². The fourth-order valence-corrected chi connectivity index (χ4v) is 3.06. The number of likely N-dealkylation sites (N-methyl/N-ethyl adjacent to an activating group) is 1. The van der Waals surface area contributed by atoms with Crippen LogP contribution in [-0.4, -0.2) is 61.5 Å². The summed E-state index contributed by atoms with van der Waals surface area (Å²) in [6.07, 6.45) is 3.39. The molecule has 1 N–H and O–H groups in total. The maximum absolute atomic E-state index is 12.5. The summed E-state index contributed by atoms with van der Waals surface area (Å²) in [7, 11) is 2.10. The zero-order valence-electron chi connectivity index (χ0n) is 11.1. The average molecular weight is 239 g/mol. The van der Waals surface area contributed by atoms with Crippen molar-refractivity contribution in [3.05, 3.63) is 0 Å². The van der Waals surface area contributed by atoms with Crippen LogP contribution in [0.3, 0.4) is 0 Å². The van der Waals surface area contributed by atoms with Gasteiger partial charge in [-0.15, -0.1) is 0 Å². The first kappa shape index (κ1) is 12.8. The molecular weight excluding hydrogens is 214 g/mol.